The Kier molecular flexibility index (Phi) is 7.22. The number of phenols is 1. The Bertz CT molecular complexity index is 1270. The van der Waals surface area contributed by atoms with Gasteiger partial charge in [-0.2, -0.15) is 9.97 Å². The first-order chi connectivity index (χ1) is 16.2. The van der Waals surface area contributed by atoms with Crippen LogP contribution in [0.15, 0.2) is 54.9 Å². The van der Waals surface area contributed by atoms with Crippen molar-refractivity contribution in [3.05, 3.63) is 69.6 Å². The standard InChI is InChI=1S/C25H29IN6O2/c1-4-20(25(2,3)34)29-24-30-22(27-13-17-12-18(26)10-11-19(17)33)21-23(31-24)32(15-28-21)14-16-8-6-5-7-9-16/h5-12,15,20,33-34H,4,13-14H2,1-3H3,(H2,27,29,30,31). The average Bonchev–Trinajstić information content (AvgIpc) is 3.20. The van der Waals surface area contributed by atoms with Crippen LogP contribution in [-0.2, 0) is 13.1 Å². The largest absolute Gasteiger partial charge is 0.508 e. The van der Waals surface area contributed by atoms with Gasteiger partial charge in [0.2, 0.25) is 5.95 Å². The number of nitrogens with zero attached hydrogens (tertiary/aromatic N) is 4. The van der Waals surface area contributed by atoms with E-state index in [2.05, 4.69) is 55.3 Å². The van der Waals surface area contributed by atoms with Gasteiger partial charge in [0.05, 0.1) is 24.5 Å². The normalized spacial score (nSPS) is 12.6. The Morgan fingerprint density at radius 3 is 2.59 bits per heavy atom. The molecule has 0 aliphatic heterocycles. The first-order valence-electron chi connectivity index (χ1n) is 11.2. The molecule has 4 N–H and O–H groups in total. The average molecular weight is 572 g/mol. The number of benzene rings is 2. The number of anilines is 2. The number of imidazole rings is 1. The predicted molar refractivity (Wildman–Crippen MR) is 143 cm³/mol. The fourth-order valence-electron chi connectivity index (χ4n) is 3.84. The van der Waals surface area contributed by atoms with Crippen molar-refractivity contribution >= 4 is 45.5 Å². The Hall–Kier alpha value is -2.92. The van der Waals surface area contributed by atoms with Crippen LogP contribution in [0.4, 0.5) is 11.8 Å². The van der Waals surface area contributed by atoms with E-state index in [1.165, 1.54) is 0 Å². The van der Waals surface area contributed by atoms with Gasteiger partial charge in [0.1, 0.15) is 5.75 Å². The van der Waals surface area contributed by atoms with Crippen LogP contribution in [0.25, 0.3) is 11.2 Å². The molecule has 0 bridgehead atoms. The molecule has 0 saturated heterocycles. The third kappa shape index (κ3) is 5.58. The van der Waals surface area contributed by atoms with Gasteiger partial charge in [-0.3, -0.25) is 0 Å². The minimum Gasteiger partial charge on any atom is -0.508 e. The highest BCUT2D eigenvalue weighted by Crippen LogP contribution is 2.26. The van der Waals surface area contributed by atoms with Gasteiger partial charge in [0.25, 0.3) is 0 Å². The Morgan fingerprint density at radius 1 is 1.12 bits per heavy atom. The zero-order valence-corrected chi connectivity index (χ0v) is 21.6. The van der Waals surface area contributed by atoms with Crippen LogP contribution in [-0.4, -0.2) is 41.4 Å². The van der Waals surface area contributed by atoms with E-state index < -0.39 is 5.60 Å². The Labute approximate surface area is 212 Å². The van der Waals surface area contributed by atoms with Gasteiger partial charge in [0, 0.05) is 15.7 Å². The predicted octanol–water partition coefficient (Wildman–Crippen LogP) is 4.76. The molecular weight excluding hydrogens is 543 g/mol. The van der Waals surface area contributed by atoms with Crippen LogP contribution >= 0.6 is 22.6 Å². The van der Waals surface area contributed by atoms with Gasteiger partial charge < -0.3 is 25.4 Å². The summed E-state index contributed by atoms with van der Waals surface area (Å²) in [7, 11) is 0. The van der Waals surface area contributed by atoms with Gasteiger partial charge in [-0.05, 0) is 66.6 Å². The SMILES string of the molecule is CCC(Nc1nc(NCc2cc(I)ccc2O)c2ncn(Cc3ccccc3)c2n1)C(C)(C)O. The fraction of sp³-hybridized carbons (Fsp3) is 0.320. The number of hydrogen-bond donors (Lipinski definition) is 4. The van der Waals surface area contributed by atoms with E-state index in [0.29, 0.717) is 42.4 Å². The molecule has 8 nitrogen and oxygen atoms in total. The molecule has 2 heterocycles. The summed E-state index contributed by atoms with van der Waals surface area (Å²) in [4.78, 5) is 14.0. The topological polar surface area (TPSA) is 108 Å². The van der Waals surface area contributed by atoms with E-state index in [4.69, 9.17) is 4.98 Å². The van der Waals surface area contributed by atoms with Crippen LogP contribution in [0, 0.1) is 3.57 Å². The van der Waals surface area contributed by atoms with Crippen molar-refractivity contribution in [3.63, 3.8) is 0 Å². The van der Waals surface area contributed by atoms with Crippen LogP contribution in [0.2, 0.25) is 0 Å². The second-order valence-electron chi connectivity index (χ2n) is 8.81. The lowest BCUT2D eigenvalue weighted by Gasteiger charge is -2.29. The molecule has 0 fully saturated rings. The molecule has 0 saturated carbocycles. The summed E-state index contributed by atoms with van der Waals surface area (Å²) in [6.45, 7) is 6.54. The van der Waals surface area contributed by atoms with Crippen LogP contribution < -0.4 is 10.6 Å². The van der Waals surface area contributed by atoms with Crippen LogP contribution in [0.3, 0.4) is 0 Å². The summed E-state index contributed by atoms with van der Waals surface area (Å²) in [6, 6.07) is 15.4. The molecule has 34 heavy (non-hydrogen) atoms. The maximum Gasteiger partial charge on any atom is 0.227 e. The zero-order valence-electron chi connectivity index (χ0n) is 19.5. The lowest BCUT2D eigenvalue weighted by molar-refractivity contribution is 0.0577. The van der Waals surface area contributed by atoms with Crippen molar-refractivity contribution in [2.75, 3.05) is 10.6 Å². The van der Waals surface area contributed by atoms with Crippen LogP contribution in [0.1, 0.15) is 38.3 Å². The maximum absolute atomic E-state index is 10.6. The lowest BCUT2D eigenvalue weighted by Crippen LogP contribution is -2.41. The van der Waals surface area contributed by atoms with E-state index in [9.17, 15) is 10.2 Å². The Balaban J connectivity index is 1.72. The molecule has 1 unspecified atom stereocenters. The number of aromatic nitrogens is 4. The van der Waals surface area contributed by atoms with Crippen molar-refractivity contribution in [1.82, 2.24) is 19.5 Å². The molecule has 0 amide bonds. The fourth-order valence-corrected chi connectivity index (χ4v) is 4.39. The number of halogens is 1. The van der Waals surface area contributed by atoms with E-state index >= 15 is 0 Å². The Morgan fingerprint density at radius 2 is 1.88 bits per heavy atom. The summed E-state index contributed by atoms with van der Waals surface area (Å²) in [6.07, 6.45) is 2.46. The first-order valence-corrected chi connectivity index (χ1v) is 12.3. The van der Waals surface area contributed by atoms with E-state index in [1.54, 1.807) is 26.2 Å². The number of aromatic hydroxyl groups is 1. The highest BCUT2D eigenvalue weighted by atomic mass is 127. The van der Waals surface area contributed by atoms with E-state index in [0.717, 1.165) is 14.7 Å². The molecule has 2 aromatic heterocycles. The van der Waals surface area contributed by atoms with Crippen molar-refractivity contribution in [2.45, 2.75) is 51.9 Å². The molecule has 2 aromatic carbocycles. The van der Waals surface area contributed by atoms with Crippen molar-refractivity contribution in [2.24, 2.45) is 0 Å². The first kappa shape index (κ1) is 24.2. The van der Waals surface area contributed by atoms with Gasteiger partial charge in [-0.15, -0.1) is 0 Å². The molecule has 0 radical (unpaired) electrons. The summed E-state index contributed by atoms with van der Waals surface area (Å²) in [5.74, 6) is 1.19. The summed E-state index contributed by atoms with van der Waals surface area (Å²) < 4.78 is 3.02. The van der Waals surface area contributed by atoms with Crippen LogP contribution in [0.5, 0.6) is 5.75 Å². The molecule has 9 heteroatoms. The molecule has 4 aromatic rings. The monoisotopic (exact) mass is 572 g/mol. The summed E-state index contributed by atoms with van der Waals surface area (Å²) >= 11 is 2.22. The van der Waals surface area contributed by atoms with Gasteiger partial charge in [0.15, 0.2) is 17.0 Å². The third-order valence-electron chi connectivity index (χ3n) is 5.71. The summed E-state index contributed by atoms with van der Waals surface area (Å²) in [5.41, 5.74) is 2.28. The molecule has 178 valence electrons. The molecule has 1 atom stereocenters. The number of hydrogen-bond acceptors (Lipinski definition) is 7. The molecular formula is C25H29IN6O2. The number of fused-ring (bicyclic) bond motifs is 1. The summed E-state index contributed by atoms with van der Waals surface area (Å²) in [5, 5.41) is 27.4. The van der Waals surface area contributed by atoms with Gasteiger partial charge in [-0.25, -0.2) is 4.98 Å². The minimum absolute atomic E-state index is 0.222. The van der Waals surface area contributed by atoms with E-state index in [-0.39, 0.29) is 11.8 Å². The van der Waals surface area contributed by atoms with E-state index in [1.807, 2.05) is 41.8 Å². The minimum atomic E-state index is -0.947. The zero-order chi connectivity index (χ0) is 24.3. The van der Waals surface area contributed by atoms with Crippen molar-refractivity contribution in [3.8, 4) is 5.75 Å². The highest BCUT2D eigenvalue weighted by molar-refractivity contribution is 14.1. The van der Waals surface area contributed by atoms with Gasteiger partial charge in [-0.1, -0.05) is 37.3 Å². The molecule has 0 aliphatic rings. The third-order valence-corrected chi connectivity index (χ3v) is 6.38. The second kappa shape index (κ2) is 10.1. The smallest absolute Gasteiger partial charge is 0.227 e. The molecule has 0 spiro atoms. The number of nitrogens with one attached hydrogen (secondary N) is 2. The van der Waals surface area contributed by atoms with Crippen molar-refractivity contribution < 1.29 is 10.2 Å². The highest BCUT2D eigenvalue weighted by Gasteiger charge is 2.26. The molecule has 0 aliphatic carbocycles. The maximum atomic E-state index is 10.6. The number of aliphatic hydroxyl groups is 1. The molecule has 4 rings (SSSR count). The number of phenolic OH excluding ortho intramolecular Hbond substituents is 1. The van der Waals surface area contributed by atoms with Gasteiger partial charge >= 0.3 is 0 Å². The second-order valence-corrected chi connectivity index (χ2v) is 10.1. The lowest BCUT2D eigenvalue weighted by atomic mass is 9.97. The van der Waals surface area contributed by atoms with Crippen molar-refractivity contribution in [1.29, 1.82) is 0 Å². The quantitative estimate of drug-likeness (QED) is 0.214. The number of rotatable bonds is 9.